The van der Waals surface area contributed by atoms with Crippen LogP contribution in [0, 0.1) is 0 Å². The maximum absolute atomic E-state index is 5.43. The van der Waals surface area contributed by atoms with Crippen LogP contribution in [0.15, 0.2) is 24.3 Å². The maximum Gasteiger partial charge on any atom is 0.119 e. The number of hydrogen-bond donors (Lipinski definition) is 1. The van der Waals surface area contributed by atoms with E-state index in [1.165, 1.54) is 0 Å². The summed E-state index contributed by atoms with van der Waals surface area (Å²) in [5, 5.41) is 0. The zero-order valence-electron chi connectivity index (χ0n) is 6.52. The molecule has 0 saturated heterocycles. The van der Waals surface area contributed by atoms with Crippen molar-refractivity contribution in [1.29, 1.82) is 0 Å². The highest BCUT2D eigenvalue weighted by Crippen LogP contribution is 2.11. The summed E-state index contributed by atoms with van der Waals surface area (Å²) in [7, 11) is 1.63. The predicted octanol–water partition coefficient (Wildman–Crippen LogP) is 2.54. The van der Waals surface area contributed by atoms with Crippen molar-refractivity contribution in [2.75, 3.05) is 12.8 Å². The smallest absolute Gasteiger partial charge is 0.119 e. The van der Waals surface area contributed by atoms with Gasteiger partial charge in [-0.15, -0.1) is 37.2 Å². The fourth-order valence-electron chi connectivity index (χ4n) is 0.604. The van der Waals surface area contributed by atoms with Gasteiger partial charge in [0, 0.05) is 5.69 Å². The number of rotatable bonds is 1. The highest BCUT2D eigenvalue weighted by Gasteiger charge is 1.85. The topological polar surface area (TPSA) is 35.2 Å². The summed E-state index contributed by atoms with van der Waals surface area (Å²) < 4.78 is 4.91. The molecule has 0 unspecified atom stereocenters. The number of nitrogens with two attached hydrogens (primary N) is 1. The van der Waals surface area contributed by atoms with E-state index in [0.717, 1.165) is 11.4 Å². The van der Waals surface area contributed by atoms with Crippen molar-refractivity contribution in [3.05, 3.63) is 24.3 Å². The Morgan fingerprint density at radius 2 is 1.42 bits per heavy atom. The number of anilines is 1. The molecule has 0 aromatic heterocycles. The lowest BCUT2D eigenvalue weighted by atomic mass is 10.3. The molecule has 72 valence electrons. The molecule has 0 atom stereocenters. The minimum absolute atomic E-state index is 0. The third-order valence-electron chi connectivity index (χ3n) is 1.12. The van der Waals surface area contributed by atoms with Crippen molar-refractivity contribution in [3.8, 4) is 5.75 Å². The number of nitrogen functional groups attached to an aromatic ring is 1. The molecule has 0 aliphatic carbocycles. The van der Waals surface area contributed by atoms with Gasteiger partial charge in [0.25, 0.3) is 0 Å². The molecule has 1 aromatic rings. The lowest BCUT2D eigenvalue weighted by Gasteiger charge is -1.97. The summed E-state index contributed by atoms with van der Waals surface area (Å²) in [4.78, 5) is 0. The highest BCUT2D eigenvalue weighted by atomic mass is 35.5. The van der Waals surface area contributed by atoms with Crippen molar-refractivity contribution < 1.29 is 4.74 Å². The summed E-state index contributed by atoms with van der Waals surface area (Å²) in [6.45, 7) is 0. The summed E-state index contributed by atoms with van der Waals surface area (Å²) in [5.74, 6) is 0.837. The van der Waals surface area contributed by atoms with Gasteiger partial charge in [-0.1, -0.05) is 0 Å². The van der Waals surface area contributed by atoms with Crippen molar-refractivity contribution in [3.63, 3.8) is 0 Å². The molecule has 12 heavy (non-hydrogen) atoms. The van der Waals surface area contributed by atoms with Crippen molar-refractivity contribution in [2.24, 2.45) is 0 Å². The van der Waals surface area contributed by atoms with Crippen molar-refractivity contribution in [2.45, 2.75) is 0 Å². The van der Waals surface area contributed by atoms with Gasteiger partial charge in [-0.2, -0.15) is 0 Å². The average Bonchev–Trinajstić information content (AvgIpc) is 1.90. The van der Waals surface area contributed by atoms with Crippen LogP contribution >= 0.6 is 37.2 Å². The van der Waals surface area contributed by atoms with E-state index < -0.39 is 0 Å². The molecular weight excluding hydrogens is 220 g/mol. The van der Waals surface area contributed by atoms with Crippen LogP contribution < -0.4 is 10.5 Å². The number of hydrogen-bond acceptors (Lipinski definition) is 2. The standard InChI is InChI=1S/C7H9NO.3ClH/c1-9-7-4-2-6(8)3-5-7;;;/h2-5H,8H2,1H3;3*1H. The lowest BCUT2D eigenvalue weighted by Crippen LogP contribution is -1.84. The normalized spacial score (nSPS) is 6.75. The van der Waals surface area contributed by atoms with E-state index in [9.17, 15) is 0 Å². The predicted molar refractivity (Wildman–Crippen MR) is 59.2 cm³/mol. The minimum atomic E-state index is 0. The molecule has 2 N–H and O–H groups in total. The number of halogens is 3. The second-order valence-electron chi connectivity index (χ2n) is 1.77. The van der Waals surface area contributed by atoms with Gasteiger partial charge in [0.2, 0.25) is 0 Å². The van der Waals surface area contributed by atoms with Crippen molar-refractivity contribution >= 4 is 42.9 Å². The van der Waals surface area contributed by atoms with E-state index in [1.807, 2.05) is 12.1 Å². The lowest BCUT2D eigenvalue weighted by molar-refractivity contribution is 0.415. The Kier molecular flexibility index (Phi) is 12.9. The number of ether oxygens (including phenoxy) is 1. The Morgan fingerprint density at radius 1 is 1.00 bits per heavy atom. The Labute approximate surface area is 90.7 Å². The Bertz CT molecular complexity index is 190. The monoisotopic (exact) mass is 231 g/mol. The zero-order chi connectivity index (χ0) is 6.69. The average molecular weight is 233 g/mol. The summed E-state index contributed by atoms with van der Waals surface area (Å²) in [6.07, 6.45) is 0. The van der Waals surface area contributed by atoms with Crippen LogP contribution in [0.25, 0.3) is 0 Å². The molecule has 0 spiro atoms. The molecule has 2 nitrogen and oxygen atoms in total. The molecule has 0 aliphatic rings. The third-order valence-corrected chi connectivity index (χ3v) is 1.12. The van der Waals surface area contributed by atoms with Gasteiger partial charge in [0.1, 0.15) is 5.75 Å². The molecule has 0 saturated carbocycles. The van der Waals surface area contributed by atoms with Gasteiger partial charge >= 0.3 is 0 Å². The molecule has 1 aromatic carbocycles. The van der Waals surface area contributed by atoms with Gasteiger partial charge in [0.15, 0.2) is 0 Å². The summed E-state index contributed by atoms with van der Waals surface area (Å²) in [5.41, 5.74) is 6.19. The van der Waals surface area contributed by atoms with Crippen LogP contribution in [0.5, 0.6) is 5.75 Å². The quantitative estimate of drug-likeness (QED) is 0.755. The van der Waals surface area contributed by atoms with Crippen LogP contribution in [0.3, 0.4) is 0 Å². The van der Waals surface area contributed by atoms with Crippen LogP contribution in [-0.2, 0) is 0 Å². The highest BCUT2D eigenvalue weighted by molar-refractivity contribution is 5.86. The molecule has 0 radical (unpaired) electrons. The second-order valence-corrected chi connectivity index (χ2v) is 1.77. The number of methoxy groups -OCH3 is 1. The molecule has 5 heteroatoms. The van der Waals surface area contributed by atoms with Crippen molar-refractivity contribution in [1.82, 2.24) is 0 Å². The first-order valence-corrected chi connectivity index (χ1v) is 2.72. The van der Waals surface area contributed by atoms with Gasteiger partial charge in [-0.05, 0) is 24.3 Å². The van der Waals surface area contributed by atoms with E-state index in [2.05, 4.69) is 0 Å². The fourth-order valence-corrected chi connectivity index (χ4v) is 0.604. The SMILES string of the molecule is COc1ccc(N)cc1.Cl.Cl.Cl. The van der Waals surface area contributed by atoms with E-state index in [4.69, 9.17) is 10.5 Å². The second kappa shape index (κ2) is 8.78. The van der Waals surface area contributed by atoms with Crippen LogP contribution in [0.2, 0.25) is 0 Å². The van der Waals surface area contributed by atoms with Gasteiger partial charge < -0.3 is 10.5 Å². The van der Waals surface area contributed by atoms with E-state index in [1.54, 1.807) is 19.2 Å². The first kappa shape index (κ1) is 17.7. The maximum atomic E-state index is 5.43. The van der Waals surface area contributed by atoms with Crippen LogP contribution in [-0.4, -0.2) is 7.11 Å². The number of benzene rings is 1. The molecule has 0 fully saturated rings. The summed E-state index contributed by atoms with van der Waals surface area (Å²) >= 11 is 0. The molecule has 0 amide bonds. The van der Waals surface area contributed by atoms with E-state index in [0.29, 0.717) is 0 Å². The van der Waals surface area contributed by atoms with Gasteiger partial charge in [0.05, 0.1) is 7.11 Å². The zero-order valence-corrected chi connectivity index (χ0v) is 8.97. The van der Waals surface area contributed by atoms with Gasteiger partial charge in [-0.25, -0.2) is 0 Å². The molecular formula is C7H12Cl3NO. The van der Waals surface area contributed by atoms with E-state index in [-0.39, 0.29) is 37.2 Å². The minimum Gasteiger partial charge on any atom is -0.497 e. The van der Waals surface area contributed by atoms with Crippen LogP contribution in [0.1, 0.15) is 0 Å². The third kappa shape index (κ3) is 5.35. The Hall–Kier alpha value is -0.310. The molecule has 0 aliphatic heterocycles. The molecule has 1 rings (SSSR count). The summed E-state index contributed by atoms with van der Waals surface area (Å²) in [6, 6.07) is 7.27. The first-order valence-electron chi connectivity index (χ1n) is 2.72. The van der Waals surface area contributed by atoms with E-state index >= 15 is 0 Å². The fraction of sp³-hybridized carbons (Fsp3) is 0.143. The van der Waals surface area contributed by atoms with Gasteiger partial charge in [-0.3, -0.25) is 0 Å². The first-order chi connectivity index (χ1) is 4.33. The molecule has 0 bridgehead atoms. The van der Waals surface area contributed by atoms with Crippen LogP contribution in [0.4, 0.5) is 5.69 Å². The molecule has 0 heterocycles. The largest absolute Gasteiger partial charge is 0.497 e. The Morgan fingerprint density at radius 3 is 1.75 bits per heavy atom. The Balaban J connectivity index is -0.000000270.